The Morgan fingerprint density at radius 3 is 1.50 bits per heavy atom. The van der Waals surface area contributed by atoms with Crippen molar-refractivity contribution >= 4 is 25.9 Å². The van der Waals surface area contributed by atoms with E-state index in [-0.39, 0.29) is 21.6 Å². The van der Waals surface area contributed by atoms with E-state index < -0.39 is 20.2 Å². The normalized spacial score (nSPS) is 12.8. The monoisotopic (exact) mass is 773 g/mol. The molecule has 2 aromatic carbocycles. The summed E-state index contributed by atoms with van der Waals surface area (Å²) in [6.45, 7) is 12.6. The van der Waals surface area contributed by atoms with Crippen LogP contribution in [0.4, 0.5) is 5.69 Å². The van der Waals surface area contributed by atoms with Gasteiger partial charge >= 0.3 is 23.7 Å². The second kappa shape index (κ2) is 27.2. The van der Waals surface area contributed by atoms with Crippen LogP contribution in [-0.2, 0) is 44.0 Å². The third-order valence-corrected chi connectivity index (χ3v) is 11.1. The molecule has 0 fully saturated rings. The standard InChI is InChI=1S/C30H54O3S.C9H13NO3S.O.Ti/c1-5-9-11-13-15-17-22-26(20-7-3)28-24-19-25-29(34(31,32)33)30(28)27(21-8-4)23-18-16-14-12-10-6-2;1-6(2)8-5-7(10)3-4-9(8)14(11,12)13;;/h19,24-27H,5-18,20-23H2,1-4H3,(H,31,32,33);3-6H,10H2,1-2H3,(H,11,12,13);;. The van der Waals surface area contributed by atoms with Crippen LogP contribution in [-0.4, -0.2) is 25.9 Å². The molecule has 0 amide bonds. The zero-order valence-electron chi connectivity index (χ0n) is 31.8. The number of benzene rings is 2. The van der Waals surface area contributed by atoms with Gasteiger partial charge in [0.25, 0.3) is 20.2 Å². The maximum absolute atomic E-state index is 12.5. The summed E-state index contributed by atoms with van der Waals surface area (Å²) in [6, 6.07) is 9.97. The van der Waals surface area contributed by atoms with Crippen LogP contribution < -0.4 is 5.73 Å². The van der Waals surface area contributed by atoms with Crippen LogP contribution in [0.1, 0.15) is 192 Å². The number of nitrogen functional groups attached to an aromatic ring is 1. The molecule has 0 saturated carbocycles. The first-order valence-corrected chi connectivity index (χ1v) is 22.4. The fourth-order valence-corrected chi connectivity index (χ4v) is 8.40. The van der Waals surface area contributed by atoms with Gasteiger partial charge in [0, 0.05) is 5.69 Å². The third kappa shape index (κ3) is 18.9. The number of anilines is 1. The molecular weight excluding hydrogens is 706 g/mol. The second-order valence-corrected chi connectivity index (χ2v) is 16.5. The molecule has 0 spiro atoms. The van der Waals surface area contributed by atoms with E-state index in [0.29, 0.717) is 17.2 Å². The minimum absolute atomic E-state index is 0.00424. The third-order valence-electron chi connectivity index (χ3n) is 9.25. The van der Waals surface area contributed by atoms with Crippen LogP contribution in [0.2, 0.25) is 0 Å². The van der Waals surface area contributed by atoms with Crippen molar-refractivity contribution in [3.63, 3.8) is 0 Å². The van der Waals surface area contributed by atoms with Crippen LogP contribution in [0.3, 0.4) is 0 Å². The molecular formula is C39H67NO7S2Ti. The fourth-order valence-electron chi connectivity index (χ4n) is 6.76. The average molecular weight is 774 g/mol. The topological polar surface area (TPSA) is 152 Å². The van der Waals surface area contributed by atoms with E-state index in [4.69, 9.17) is 13.6 Å². The molecule has 2 atom stereocenters. The molecule has 0 bridgehead atoms. The number of rotatable bonds is 23. The molecule has 50 heavy (non-hydrogen) atoms. The van der Waals surface area contributed by atoms with Crippen LogP contribution in [0, 0.1) is 0 Å². The van der Waals surface area contributed by atoms with Gasteiger partial charge in [0.05, 0.1) is 9.79 Å². The summed E-state index contributed by atoms with van der Waals surface area (Å²) in [5, 5.41) is 0. The summed E-state index contributed by atoms with van der Waals surface area (Å²) < 4.78 is 74.2. The predicted octanol–water partition coefficient (Wildman–Crippen LogP) is 11.7. The van der Waals surface area contributed by atoms with Crippen LogP contribution >= 0.6 is 0 Å². The molecule has 2 unspecified atom stereocenters. The van der Waals surface area contributed by atoms with Crippen molar-refractivity contribution in [3.8, 4) is 0 Å². The Morgan fingerprint density at radius 2 is 1.04 bits per heavy atom. The Labute approximate surface area is 317 Å². The predicted molar refractivity (Wildman–Crippen MR) is 203 cm³/mol. The molecule has 2 aromatic rings. The Balaban J connectivity index is 0.00000124. The molecule has 0 aromatic heterocycles. The van der Waals surface area contributed by atoms with Gasteiger partial charge in [0.15, 0.2) is 0 Å². The molecule has 8 nitrogen and oxygen atoms in total. The minimum atomic E-state index is -4.25. The van der Waals surface area contributed by atoms with Gasteiger partial charge < -0.3 is 5.73 Å². The maximum atomic E-state index is 12.5. The summed E-state index contributed by atoms with van der Waals surface area (Å²) in [4.78, 5) is 0.0974. The Hall–Kier alpha value is -1.43. The first-order valence-electron chi connectivity index (χ1n) is 18.9. The van der Waals surface area contributed by atoms with E-state index in [9.17, 15) is 21.4 Å². The first-order chi connectivity index (χ1) is 23.7. The van der Waals surface area contributed by atoms with Gasteiger partial charge in [-0.05, 0) is 84.4 Å². The molecule has 286 valence electrons. The van der Waals surface area contributed by atoms with Crippen molar-refractivity contribution in [3.05, 3.63) is 53.1 Å². The molecule has 11 heteroatoms. The van der Waals surface area contributed by atoms with E-state index in [1.807, 2.05) is 19.9 Å². The molecule has 0 aliphatic rings. The van der Waals surface area contributed by atoms with Gasteiger partial charge in [-0.1, -0.05) is 144 Å². The molecule has 0 radical (unpaired) electrons. The molecule has 0 aliphatic carbocycles. The van der Waals surface area contributed by atoms with E-state index in [0.717, 1.165) is 70.9 Å². The quantitative estimate of drug-likeness (QED) is 0.0437. The van der Waals surface area contributed by atoms with Gasteiger partial charge in [-0.2, -0.15) is 16.8 Å². The summed E-state index contributed by atoms with van der Waals surface area (Å²) >= 11 is 0.750. The zero-order valence-corrected chi connectivity index (χ0v) is 34.9. The van der Waals surface area contributed by atoms with Gasteiger partial charge in [-0.15, -0.1) is 0 Å². The van der Waals surface area contributed by atoms with Crippen LogP contribution in [0.25, 0.3) is 0 Å². The van der Waals surface area contributed by atoms with E-state index >= 15 is 0 Å². The van der Waals surface area contributed by atoms with Crippen molar-refractivity contribution in [1.29, 1.82) is 0 Å². The molecule has 0 saturated heterocycles. The number of unbranched alkanes of at least 4 members (excludes halogenated alkanes) is 10. The zero-order chi connectivity index (χ0) is 38.2. The number of hydrogen-bond donors (Lipinski definition) is 3. The summed E-state index contributed by atoms with van der Waals surface area (Å²) in [6.07, 6.45) is 21.4. The van der Waals surface area contributed by atoms with E-state index in [1.54, 1.807) is 12.1 Å². The van der Waals surface area contributed by atoms with Crippen molar-refractivity contribution in [1.82, 2.24) is 0 Å². The molecule has 4 N–H and O–H groups in total. The summed E-state index contributed by atoms with van der Waals surface area (Å²) in [5.74, 6) is 0.570. The summed E-state index contributed by atoms with van der Waals surface area (Å²) in [5.41, 5.74) is 8.68. The fraction of sp³-hybridized carbons (Fsp3) is 0.692. The van der Waals surface area contributed by atoms with E-state index in [1.165, 1.54) is 88.3 Å². The van der Waals surface area contributed by atoms with E-state index in [2.05, 4.69) is 33.8 Å². The average Bonchev–Trinajstić information content (AvgIpc) is 3.06. The Kier molecular flexibility index (Phi) is 26.4. The van der Waals surface area contributed by atoms with Crippen molar-refractivity contribution < 1.29 is 49.7 Å². The van der Waals surface area contributed by atoms with Crippen molar-refractivity contribution in [2.24, 2.45) is 0 Å². The van der Waals surface area contributed by atoms with Crippen molar-refractivity contribution in [2.75, 3.05) is 5.73 Å². The number of hydrogen-bond acceptors (Lipinski definition) is 6. The Bertz CT molecular complexity index is 1420. The van der Waals surface area contributed by atoms with Gasteiger partial charge in [0.1, 0.15) is 0 Å². The molecule has 2 rings (SSSR count). The SMILES string of the molecule is CC(C)c1cc(N)ccc1S(=O)(=O)O.CCCCCCCCC(CCC)c1cccc(S(=O)(=O)O)c1C(CCC)CCCCCCCC.[O]=[Ti]. The first kappa shape index (κ1) is 48.6. The van der Waals surface area contributed by atoms with Crippen molar-refractivity contribution in [2.45, 2.75) is 185 Å². The second-order valence-electron chi connectivity index (χ2n) is 13.7. The van der Waals surface area contributed by atoms with Gasteiger partial charge in [-0.25, -0.2) is 0 Å². The van der Waals surface area contributed by atoms with Crippen LogP contribution in [0.5, 0.6) is 0 Å². The van der Waals surface area contributed by atoms with Gasteiger partial charge in [0.2, 0.25) is 0 Å². The van der Waals surface area contributed by atoms with Crippen LogP contribution in [0.15, 0.2) is 46.2 Å². The summed E-state index contributed by atoms with van der Waals surface area (Å²) in [7, 11) is -8.40. The molecule has 0 aliphatic heterocycles. The Morgan fingerprint density at radius 1 is 0.580 bits per heavy atom. The molecule has 0 heterocycles. The number of nitrogens with two attached hydrogens (primary N) is 1. The van der Waals surface area contributed by atoms with Gasteiger partial charge in [-0.3, -0.25) is 9.11 Å².